The van der Waals surface area contributed by atoms with E-state index in [9.17, 15) is 0 Å². The molecule has 2 N–H and O–H groups in total. The molecule has 4 heteroatoms. The molecule has 1 aliphatic carbocycles. The molecular formula is C17H20N2O2. The molecule has 0 saturated carbocycles. The number of pyridine rings is 1. The first-order chi connectivity index (χ1) is 10.3. The molecule has 0 radical (unpaired) electrons. The van der Waals surface area contributed by atoms with Crippen molar-refractivity contribution >= 4 is 0 Å². The van der Waals surface area contributed by atoms with Crippen LogP contribution in [0.3, 0.4) is 0 Å². The summed E-state index contributed by atoms with van der Waals surface area (Å²) in [5.74, 6) is 0.771. The molecule has 4 rings (SSSR count). The Morgan fingerprint density at radius 2 is 2.00 bits per heavy atom. The van der Waals surface area contributed by atoms with Crippen LogP contribution in [0.15, 0.2) is 42.6 Å². The molecule has 1 aromatic carbocycles. The first kappa shape index (κ1) is 14.0. The van der Waals surface area contributed by atoms with Crippen LogP contribution in [0.25, 0.3) is 0 Å². The predicted molar refractivity (Wildman–Crippen MR) is 81.2 cm³/mol. The quantitative estimate of drug-likeness (QED) is 0.830. The lowest BCUT2D eigenvalue weighted by molar-refractivity contribution is 0.387. The van der Waals surface area contributed by atoms with Crippen LogP contribution >= 0.6 is 0 Å². The van der Waals surface area contributed by atoms with Crippen LogP contribution in [0.2, 0.25) is 0 Å². The first-order valence-corrected chi connectivity index (χ1v) is 7.15. The Labute approximate surface area is 124 Å². The number of aliphatic hydroxyl groups excluding tert-OH is 1. The molecule has 0 unspecified atom stereocenters. The van der Waals surface area contributed by atoms with E-state index in [1.54, 1.807) is 7.11 Å². The van der Waals surface area contributed by atoms with Crippen molar-refractivity contribution in [3.05, 3.63) is 59.3 Å². The normalized spacial score (nSPS) is 25.0. The molecule has 0 spiro atoms. The van der Waals surface area contributed by atoms with E-state index >= 15 is 0 Å². The number of aliphatic hydroxyl groups is 1. The zero-order chi connectivity index (χ0) is 14.9. The van der Waals surface area contributed by atoms with Gasteiger partial charge < -0.3 is 9.84 Å². The van der Waals surface area contributed by atoms with Gasteiger partial charge >= 0.3 is 0 Å². The Balaban J connectivity index is 0.000000636. The standard InChI is InChI=1S/C16H16N2O.CH4O/c1-19-15-13-11(8-10-17-15)7-9-16(14(13)18-16)12-5-3-2-4-6-12;1-2/h2-6,8,10,14,18H,7,9H2,1H3;2H,1H3/t14-,16-;/m0./s1. The van der Waals surface area contributed by atoms with Gasteiger partial charge in [0.05, 0.1) is 18.7 Å². The molecule has 2 aromatic rings. The molecular weight excluding hydrogens is 264 g/mol. The number of nitrogens with zero attached hydrogens (tertiary/aromatic N) is 1. The number of aryl methyl sites for hydroxylation is 1. The summed E-state index contributed by atoms with van der Waals surface area (Å²) < 4.78 is 5.44. The van der Waals surface area contributed by atoms with Gasteiger partial charge in [-0.1, -0.05) is 30.3 Å². The average molecular weight is 284 g/mol. The van der Waals surface area contributed by atoms with Gasteiger partial charge in [0.1, 0.15) is 0 Å². The predicted octanol–water partition coefficient (Wildman–Crippen LogP) is 2.18. The van der Waals surface area contributed by atoms with Crippen molar-refractivity contribution in [2.45, 2.75) is 24.4 Å². The number of benzene rings is 1. The smallest absolute Gasteiger partial charge is 0.218 e. The number of methoxy groups -OCH3 is 1. The van der Waals surface area contributed by atoms with E-state index in [0.29, 0.717) is 6.04 Å². The zero-order valence-electron chi connectivity index (χ0n) is 12.3. The van der Waals surface area contributed by atoms with Gasteiger partial charge in [0.2, 0.25) is 5.88 Å². The Hall–Kier alpha value is -1.91. The van der Waals surface area contributed by atoms with E-state index in [2.05, 4.69) is 46.7 Å². The summed E-state index contributed by atoms with van der Waals surface area (Å²) in [6.07, 6.45) is 4.06. The summed E-state index contributed by atoms with van der Waals surface area (Å²) in [5, 5.41) is 10.7. The van der Waals surface area contributed by atoms with Crippen LogP contribution in [0, 0.1) is 0 Å². The number of fused-ring (bicyclic) bond motifs is 3. The fraction of sp³-hybridized carbons (Fsp3) is 0.353. The van der Waals surface area contributed by atoms with Crippen molar-refractivity contribution in [1.29, 1.82) is 0 Å². The summed E-state index contributed by atoms with van der Waals surface area (Å²) in [5.41, 5.74) is 4.09. The number of aromatic nitrogens is 1. The molecule has 1 fully saturated rings. The Morgan fingerprint density at radius 1 is 1.24 bits per heavy atom. The third-order valence-corrected chi connectivity index (χ3v) is 4.41. The first-order valence-electron chi connectivity index (χ1n) is 7.15. The second kappa shape index (κ2) is 5.47. The molecule has 2 atom stereocenters. The van der Waals surface area contributed by atoms with Gasteiger partial charge in [-0.25, -0.2) is 4.98 Å². The number of rotatable bonds is 2. The number of hydrogen-bond acceptors (Lipinski definition) is 4. The van der Waals surface area contributed by atoms with E-state index in [-0.39, 0.29) is 5.54 Å². The van der Waals surface area contributed by atoms with Crippen LogP contribution in [-0.2, 0) is 12.0 Å². The van der Waals surface area contributed by atoms with Crippen LogP contribution in [0.4, 0.5) is 0 Å². The van der Waals surface area contributed by atoms with E-state index < -0.39 is 0 Å². The minimum absolute atomic E-state index is 0.102. The maximum atomic E-state index is 7.00. The summed E-state index contributed by atoms with van der Waals surface area (Å²) in [6.45, 7) is 0. The van der Waals surface area contributed by atoms with Crippen LogP contribution in [0.5, 0.6) is 5.88 Å². The van der Waals surface area contributed by atoms with Crippen molar-refractivity contribution < 1.29 is 9.84 Å². The third kappa shape index (κ3) is 2.11. The van der Waals surface area contributed by atoms with Crippen molar-refractivity contribution in [2.24, 2.45) is 0 Å². The van der Waals surface area contributed by atoms with E-state index in [1.807, 2.05) is 6.20 Å². The molecule has 0 amide bonds. The number of ether oxygens (including phenoxy) is 1. The van der Waals surface area contributed by atoms with Crippen LogP contribution < -0.4 is 10.1 Å². The third-order valence-electron chi connectivity index (χ3n) is 4.41. The SMILES string of the molecule is CO.COc1nccc2c1[C@@H]1N[C@]1(c1ccccc1)CC2. The van der Waals surface area contributed by atoms with E-state index in [4.69, 9.17) is 9.84 Å². The van der Waals surface area contributed by atoms with Gasteiger partial charge in [-0.3, -0.25) is 5.32 Å². The molecule has 110 valence electrons. The molecule has 21 heavy (non-hydrogen) atoms. The van der Waals surface area contributed by atoms with Crippen molar-refractivity contribution in [2.75, 3.05) is 14.2 Å². The Kier molecular flexibility index (Phi) is 3.66. The highest BCUT2D eigenvalue weighted by Gasteiger charge is 2.58. The molecule has 1 saturated heterocycles. The lowest BCUT2D eigenvalue weighted by Gasteiger charge is -2.23. The van der Waals surface area contributed by atoms with E-state index in [0.717, 1.165) is 25.8 Å². The fourth-order valence-electron chi connectivity index (χ4n) is 3.39. The van der Waals surface area contributed by atoms with E-state index in [1.165, 1.54) is 16.7 Å². The minimum Gasteiger partial charge on any atom is -0.481 e. The maximum absolute atomic E-state index is 7.00. The second-order valence-corrected chi connectivity index (χ2v) is 5.31. The summed E-state index contributed by atoms with van der Waals surface area (Å²) in [4.78, 5) is 4.35. The largest absolute Gasteiger partial charge is 0.481 e. The lowest BCUT2D eigenvalue weighted by atomic mass is 9.80. The van der Waals surface area contributed by atoms with Crippen LogP contribution in [-0.4, -0.2) is 24.3 Å². The zero-order valence-corrected chi connectivity index (χ0v) is 12.3. The molecule has 1 aliphatic heterocycles. The summed E-state index contributed by atoms with van der Waals surface area (Å²) in [7, 11) is 2.70. The fourth-order valence-corrected chi connectivity index (χ4v) is 3.39. The summed E-state index contributed by atoms with van der Waals surface area (Å²) in [6, 6.07) is 13.2. The van der Waals surface area contributed by atoms with Gasteiger partial charge in [-0.15, -0.1) is 0 Å². The highest BCUT2D eigenvalue weighted by atomic mass is 16.5. The van der Waals surface area contributed by atoms with Gasteiger partial charge in [-0.05, 0) is 30.0 Å². The number of nitrogens with one attached hydrogen (secondary N) is 1. The molecule has 2 aliphatic rings. The lowest BCUT2D eigenvalue weighted by Crippen LogP contribution is -2.19. The average Bonchev–Trinajstić information content (AvgIpc) is 3.33. The van der Waals surface area contributed by atoms with Gasteiger partial charge in [0.25, 0.3) is 0 Å². The minimum atomic E-state index is 0.102. The highest BCUT2D eigenvalue weighted by molar-refractivity contribution is 5.50. The second-order valence-electron chi connectivity index (χ2n) is 5.31. The topological polar surface area (TPSA) is 64.3 Å². The highest BCUT2D eigenvalue weighted by Crippen LogP contribution is 2.57. The number of hydrogen-bond donors (Lipinski definition) is 2. The van der Waals surface area contributed by atoms with Crippen LogP contribution in [0.1, 0.15) is 29.2 Å². The van der Waals surface area contributed by atoms with Crippen molar-refractivity contribution in [3.8, 4) is 5.88 Å². The molecule has 0 bridgehead atoms. The molecule has 2 heterocycles. The van der Waals surface area contributed by atoms with Gasteiger partial charge in [0.15, 0.2) is 0 Å². The Bertz CT molecular complexity index is 616. The molecule has 4 nitrogen and oxygen atoms in total. The maximum Gasteiger partial charge on any atom is 0.218 e. The van der Waals surface area contributed by atoms with Gasteiger partial charge in [0, 0.05) is 18.9 Å². The Morgan fingerprint density at radius 3 is 2.71 bits per heavy atom. The monoisotopic (exact) mass is 284 g/mol. The van der Waals surface area contributed by atoms with Gasteiger partial charge in [-0.2, -0.15) is 0 Å². The van der Waals surface area contributed by atoms with Crippen molar-refractivity contribution in [1.82, 2.24) is 10.3 Å². The molecule has 1 aromatic heterocycles. The summed E-state index contributed by atoms with van der Waals surface area (Å²) >= 11 is 0. The van der Waals surface area contributed by atoms with Crippen molar-refractivity contribution in [3.63, 3.8) is 0 Å².